The maximum absolute atomic E-state index is 9.45. The van der Waals surface area contributed by atoms with Gasteiger partial charge in [0.15, 0.2) is 0 Å². The third-order valence-corrected chi connectivity index (χ3v) is 1.76. The molecule has 0 aliphatic heterocycles. The lowest BCUT2D eigenvalue weighted by Gasteiger charge is -2.23. The highest BCUT2D eigenvalue weighted by Crippen LogP contribution is 2.25. The highest BCUT2D eigenvalue weighted by Gasteiger charge is 2.21. The molecule has 0 bridgehead atoms. The lowest BCUT2D eigenvalue weighted by molar-refractivity contribution is 0.0937. The summed E-state index contributed by atoms with van der Waals surface area (Å²) < 4.78 is 0. The predicted octanol–water partition coefficient (Wildman–Crippen LogP) is 1.37. The fourth-order valence-electron chi connectivity index (χ4n) is 1.24. The maximum Gasteiger partial charge on any atom is 0.0944 e. The zero-order valence-corrected chi connectivity index (χ0v) is 6.09. The molecule has 2 nitrogen and oxygen atoms in total. The van der Waals surface area contributed by atoms with Crippen LogP contribution in [0.2, 0.25) is 0 Å². The van der Waals surface area contributed by atoms with Gasteiger partial charge in [-0.3, -0.25) is 0 Å². The molecule has 0 spiro atoms. The molecule has 0 aromatic heterocycles. The van der Waals surface area contributed by atoms with Crippen molar-refractivity contribution in [1.82, 2.24) is 0 Å². The third kappa shape index (κ3) is 1.58. The largest absolute Gasteiger partial charge is 0.386 e. The molecule has 1 atom stereocenters. The van der Waals surface area contributed by atoms with E-state index in [1.54, 1.807) is 13.0 Å². The Bertz CT molecular complexity index is 198. The van der Waals surface area contributed by atoms with E-state index in [0.29, 0.717) is 0 Å². The topological polar surface area (TPSA) is 44.0 Å². The zero-order valence-electron chi connectivity index (χ0n) is 6.09. The Kier molecular flexibility index (Phi) is 1.78. The number of hydrogen-bond acceptors (Lipinski definition) is 2. The molecule has 0 radical (unpaired) electrons. The quantitative estimate of drug-likeness (QED) is 0.548. The van der Waals surface area contributed by atoms with Gasteiger partial charge in [-0.05, 0) is 32.3 Å². The van der Waals surface area contributed by atoms with Crippen LogP contribution in [0, 0.1) is 11.3 Å². The second-order valence-corrected chi connectivity index (χ2v) is 2.99. The summed E-state index contributed by atoms with van der Waals surface area (Å²) in [5.41, 5.74) is -0.0141. The molecular formula is C8H11NO. The summed E-state index contributed by atoms with van der Waals surface area (Å²) in [6.45, 7) is 1.74. The molecule has 0 aromatic carbocycles. The van der Waals surface area contributed by atoms with Crippen LogP contribution in [0.25, 0.3) is 0 Å². The van der Waals surface area contributed by atoms with Crippen LogP contribution < -0.4 is 0 Å². The summed E-state index contributed by atoms with van der Waals surface area (Å²) in [6.07, 6.45) is 4.19. The molecule has 1 aliphatic carbocycles. The number of rotatable bonds is 0. The highest BCUT2D eigenvalue weighted by molar-refractivity contribution is 5.26. The Labute approximate surface area is 60.8 Å². The minimum atomic E-state index is -0.733. The van der Waals surface area contributed by atoms with Crippen LogP contribution in [0.3, 0.4) is 0 Å². The van der Waals surface area contributed by atoms with Crippen molar-refractivity contribution in [3.05, 3.63) is 11.6 Å². The second kappa shape index (κ2) is 2.43. The second-order valence-electron chi connectivity index (χ2n) is 2.99. The molecular weight excluding hydrogens is 126 g/mol. The lowest BCUT2D eigenvalue weighted by atomic mass is 9.89. The minimum absolute atomic E-state index is 0.719. The normalized spacial score (nSPS) is 32.7. The van der Waals surface area contributed by atoms with Crippen molar-refractivity contribution in [2.24, 2.45) is 0 Å². The Balaban J connectivity index is 2.78. The number of hydrogen-bond donors (Lipinski definition) is 1. The van der Waals surface area contributed by atoms with E-state index in [-0.39, 0.29) is 0 Å². The molecule has 0 aromatic rings. The van der Waals surface area contributed by atoms with Gasteiger partial charge < -0.3 is 5.11 Å². The number of nitriles is 1. The van der Waals surface area contributed by atoms with Gasteiger partial charge in [-0.1, -0.05) is 0 Å². The Hall–Kier alpha value is -0.810. The number of allylic oxidation sites excluding steroid dienone is 1. The maximum atomic E-state index is 9.45. The standard InChI is InChI=1S/C8H11NO/c1-8(10)4-2-3-7(5-8)6-9/h5,10H,2-4H2,1H3/t8-/m0/s1. The molecule has 2 heteroatoms. The van der Waals surface area contributed by atoms with E-state index in [1.807, 2.05) is 0 Å². The first-order valence-electron chi connectivity index (χ1n) is 3.48. The van der Waals surface area contributed by atoms with Crippen LogP contribution in [0.15, 0.2) is 11.6 Å². The first kappa shape index (κ1) is 7.30. The Morgan fingerprint density at radius 3 is 2.90 bits per heavy atom. The van der Waals surface area contributed by atoms with E-state index in [4.69, 9.17) is 5.26 Å². The van der Waals surface area contributed by atoms with Gasteiger partial charge in [0, 0.05) is 5.57 Å². The van der Waals surface area contributed by atoms with Gasteiger partial charge in [0.05, 0.1) is 11.7 Å². The summed E-state index contributed by atoms with van der Waals surface area (Å²) in [6, 6.07) is 2.06. The van der Waals surface area contributed by atoms with Gasteiger partial charge in [-0.25, -0.2) is 0 Å². The first-order valence-corrected chi connectivity index (χ1v) is 3.48. The van der Waals surface area contributed by atoms with E-state index in [2.05, 4.69) is 6.07 Å². The Morgan fingerprint density at radius 1 is 1.80 bits per heavy atom. The van der Waals surface area contributed by atoms with E-state index < -0.39 is 5.60 Å². The van der Waals surface area contributed by atoms with Crippen molar-refractivity contribution >= 4 is 0 Å². The molecule has 0 unspecified atom stereocenters. The number of aliphatic hydroxyl groups is 1. The summed E-state index contributed by atoms with van der Waals surface area (Å²) >= 11 is 0. The van der Waals surface area contributed by atoms with Gasteiger partial charge in [0.2, 0.25) is 0 Å². The summed E-state index contributed by atoms with van der Waals surface area (Å²) in [7, 11) is 0. The molecule has 0 saturated heterocycles. The van der Waals surface area contributed by atoms with Crippen LogP contribution in [0.4, 0.5) is 0 Å². The van der Waals surface area contributed by atoms with E-state index in [1.165, 1.54) is 0 Å². The van der Waals surface area contributed by atoms with E-state index in [9.17, 15) is 5.11 Å². The van der Waals surface area contributed by atoms with Crippen molar-refractivity contribution in [3.63, 3.8) is 0 Å². The van der Waals surface area contributed by atoms with Crippen molar-refractivity contribution in [1.29, 1.82) is 5.26 Å². The van der Waals surface area contributed by atoms with Crippen molar-refractivity contribution in [2.75, 3.05) is 0 Å². The molecule has 1 rings (SSSR count). The third-order valence-electron chi connectivity index (χ3n) is 1.76. The SMILES string of the molecule is C[C@@]1(O)C=C(C#N)CCC1. The van der Waals surface area contributed by atoms with Crippen molar-refractivity contribution in [3.8, 4) is 6.07 Å². The van der Waals surface area contributed by atoms with Crippen LogP contribution in [0.5, 0.6) is 0 Å². The smallest absolute Gasteiger partial charge is 0.0944 e. The van der Waals surface area contributed by atoms with Gasteiger partial charge in [-0.2, -0.15) is 5.26 Å². The van der Waals surface area contributed by atoms with Crippen molar-refractivity contribution < 1.29 is 5.11 Å². The molecule has 0 saturated carbocycles. The average molecular weight is 137 g/mol. The Morgan fingerprint density at radius 2 is 2.50 bits per heavy atom. The fourth-order valence-corrected chi connectivity index (χ4v) is 1.24. The van der Waals surface area contributed by atoms with E-state index >= 15 is 0 Å². The van der Waals surface area contributed by atoms with Gasteiger partial charge in [-0.15, -0.1) is 0 Å². The van der Waals surface area contributed by atoms with E-state index in [0.717, 1.165) is 24.8 Å². The monoisotopic (exact) mass is 137 g/mol. The molecule has 10 heavy (non-hydrogen) atoms. The fraction of sp³-hybridized carbons (Fsp3) is 0.625. The molecule has 0 fully saturated rings. The van der Waals surface area contributed by atoms with Crippen LogP contribution in [0.1, 0.15) is 26.2 Å². The van der Waals surface area contributed by atoms with Gasteiger partial charge in [0.1, 0.15) is 0 Å². The highest BCUT2D eigenvalue weighted by atomic mass is 16.3. The summed E-state index contributed by atoms with van der Waals surface area (Å²) in [5, 5.41) is 17.9. The average Bonchev–Trinajstić information content (AvgIpc) is 1.86. The van der Waals surface area contributed by atoms with Crippen LogP contribution in [-0.4, -0.2) is 10.7 Å². The zero-order chi connectivity index (χ0) is 7.61. The summed E-state index contributed by atoms with van der Waals surface area (Å²) in [4.78, 5) is 0. The summed E-state index contributed by atoms with van der Waals surface area (Å²) in [5.74, 6) is 0. The van der Waals surface area contributed by atoms with Gasteiger partial charge >= 0.3 is 0 Å². The molecule has 1 aliphatic rings. The van der Waals surface area contributed by atoms with Gasteiger partial charge in [0.25, 0.3) is 0 Å². The number of nitrogens with zero attached hydrogens (tertiary/aromatic N) is 1. The lowest BCUT2D eigenvalue weighted by Crippen LogP contribution is -2.23. The molecule has 0 heterocycles. The van der Waals surface area contributed by atoms with Crippen LogP contribution in [-0.2, 0) is 0 Å². The van der Waals surface area contributed by atoms with Crippen LogP contribution >= 0.6 is 0 Å². The molecule has 1 N–H and O–H groups in total. The van der Waals surface area contributed by atoms with Crippen molar-refractivity contribution in [2.45, 2.75) is 31.8 Å². The molecule has 54 valence electrons. The molecule has 0 amide bonds. The predicted molar refractivity (Wildman–Crippen MR) is 38.2 cm³/mol. The minimum Gasteiger partial charge on any atom is -0.386 e. The first-order chi connectivity index (χ1) is 4.64.